The fourth-order valence-electron chi connectivity index (χ4n) is 3.18. The molecule has 0 spiro atoms. The molecule has 1 aliphatic heterocycles. The number of carboxylic acids is 1. The van der Waals surface area contributed by atoms with Gasteiger partial charge in [0.25, 0.3) is 0 Å². The number of aromatic hydroxyl groups is 1. The Hall–Kier alpha value is -3.23. The van der Waals surface area contributed by atoms with Gasteiger partial charge in [-0.3, -0.25) is 4.90 Å². The Labute approximate surface area is 161 Å². The first kappa shape index (κ1) is 18.1. The number of fused-ring (bicyclic) bond motifs is 1. The van der Waals surface area contributed by atoms with E-state index in [0.717, 1.165) is 24.0 Å². The van der Waals surface area contributed by atoms with Crippen LogP contribution in [0.3, 0.4) is 0 Å². The molecule has 0 bridgehead atoms. The van der Waals surface area contributed by atoms with Gasteiger partial charge in [0.2, 0.25) is 0 Å². The summed E-state index contributed by atoms with van der Waals surface area (Å²) in [6, 6.07) is 12.0. The number of rotatable bonds is 5. The summed E-state index contributed by atoms with van der Waals surface area (Å²) in [7, 11) is 0. The smallest absolute Gasteiger partial charge is 0.339 e. The highest BCUT2D eigenvalue weighted by Gasteiger charge is 2.15. The van der Waals surface area contributed by atoms with E-state index in [9.17, 15) is 9.90 Å². The number of benzene rings is 2. The van der Waals surface area contributed by atoms with Crippen molar-refractivity contribution in [1.82, 2.24) is 14.9 Å². The Balaban J connectivity index is 1.67. The molecule has 0 aliphatic carbocycles. The zero-order valence-corrected chi connectivity index (χ0v) is 15.1. The van der Waals surface area contributed by atoms with Gasteiger partial charge in [0.15, 0.2) is 0 Å². The van der Waals surface area contributed by atoms with E-state index in [2.05, 4.69) is 20.2 Å². The van der Waals surface area contributed by atoms with Crippen molar-refractivity contribution in [2.24, 2.45) is 0 Å². The first-order valence-electron chi connectivity index (χ1n) is 8.99. The summed E-state index contributed by atoms with van der Waals surface area (Å²) < 4.78 is 5.39. The SMILES string of the molecule is O=C(O)c1ccc(Nc2nc(CN3CCOCC3)nc3ccccc23)cc1O. The van der Waals surface area contributed by atoms with Crippen molar-refractivity contribution >= 4 is 28.4 Å². The van der Waals surface area contributed by atoms with Crippen LogP contribution >= 0.6 is 0 Å². The van der Waals surface area contributed by atoms with Gasteiger partial charge in [-0.15, -0.1) is 0 Å². The van der Waals surface area contributed by atoms with E-state index in [1.807, 2.05) is 24.3 Å². The number of anilines is 2. The van der Waals surface area contributed by atoms with Crippen LogP contribution in [0.2, 0.25) is 0 Å². The van der Waals surface area contributed by atoms with E-state index < -0.39 is 5.97 Å². The van der Waals surface area contributed by atoms with Gasteiger partial charge in [0, 0.05) is 30.2 Å². The molecule has 28 heavy (non-hydrogen) atoms. The van der Waals surface area contributed by atoms with E-state index in [0.29, 0.717) is 37.1 Å². The normalized spacial score (nSPS) is 14.9. The summed E-state index contributed by atoms with van der Waals surface area (Å²) in [5.41, 5.74) is 1.21. The number of phenols is 1. The number of nitrogens with one attached hydrogen (secondary N) is 1. The van der Waals surface area contributed by atoms with Crippen LogP contribution in [0.25, 0.3) is 10.9 Å². The van der Waals surface area contributed by atoms with Crippen LogP contribution in [0.1, 0.15) is 16.2 Å². The van der Waals surface area contributed by atoms with Crippen LogP contribution in [0.5, 0.6) is 5.75 Å². The van der Waals surface area contributed by atoms with Crippen LogP contribution in [-0.2, 0) is 11.3 Å². The highest BCUT2D eigenvalue weighted by molar-refractivity contribution is 5.93. The third kappa shape index (κ3) is 3.88. The zero-order valence-electron chi connectivity index (χ0n) is 15.1. The van der Waals surface area contributed by atoms with E-state index in [4.69, 9.17) is 9.84 Å². The van der Waals surface area contributed by atoms with E-state index in [1.165, 1.54) is 12.1 Å². The number of nitrogens with zero attached hydrogens (tertiary/aromatic N) is 3. The maximum Gasteiger partial charge on any atom is 0.339 e. The molecular weight excluding hydrogens is 360 g/mol. The lowest BCUT2D eigenvalue weighted by atomic mass is 10.1. The topological polar surface area (TPSA) is 108 Å². The number of aromatic carboxylic acids is 1. The molecule has 1 saturated heterocycles. The predicted molar refractivity (Wildman–Crippen MR) is 104 cm³/mol. The molecule has 1 aliphatic rings. The number of para-hydroxylation sites is 1. The molecule has 1 aromatic heterocycles. The standard InChI is InChI=1S/C20H20N4O4/c25-17-11-13(5-6-15(17)20(26)27)21-19-14-3-1-2-4-16(14)22-18(23-19)12-24-7-9-28-10-8-24/h1-6,11,25H,7-10,12H2,(H,26,27)(H,21,22,23). The first-order valence-corrected chi connectivity index (χ1v) is 8.99. The summed E-state index contributed by atoms with van der Waals surface area (Å²) in [6.45, 7) is 3.70. The number of ether oxygens (including phenoxy) is 1. The van der Waals surface area contributed by atoms with Gasteiger partial charge in [-0.2, -0.15) is 0 Å². The minimum atomic E-state index is -1.18. The quantitative estimate of drug-likeness (QED) is 0.620. The van der Waals surface area contributed by atoms with Gasteiger partial charge in [-0.25, -0.2) is 14.8 Å². The average Bonchev–Trinajstić information content (AvgIpc) is 2.68. The summed E-state index contributed by atoms with van der Waals surface area (Å²) in [4.78, 5) is 22.7. The van der Waals surface area contributed by atoms with Crippen LogP contribution in [0, 0.1) is 0 Å². The molecule has 1 fully saturated rings. The summed E-state index contributed by atoms with van der Waals surface area (Å²) >= 11 is 0. The minimum absolute atomic E-state index is 0.147. The van der Waals surface area contributed by atoms with Crippen molar-refractivity contribution in [3.05, 3.63) is 53.9 Å². The van der Waals surface area contributed by atoms with Crippen LogP contribution in [-0.4, -0.2) is 57.4 Å². The molecule has 3 N–H and O–H groups in total. The van der Waals surface area contributed by atoms with Crippen LogP contribution < -0.4 is 5.32 Å². The van der Waals surface area contributed by atoms with Crippen molar-refractivity contribution < 1.29 is 19.7 Å². The number of aromatic nitrogens is 2. The van der Waals surface area contributed by atoms with E-state index in [-0.39, 0.29) is 11.3 Å². The molecule has 3 aromatic rings. The highest BCUT2D eigenvalue weighted by atomic mass is 16.5. The van der Waals surface area contributed by atoms with Crippen molar-refractivity contribution in [3.8, 4) is 5.75 Å². The van der Waals surface area contributed by atoms with Gasteiger partial charge >= 0.3 is 5.97 Å². The highest BCUT2D eigenvalue weighted by Crippen LogP contribution is 2.27. The van der Waals surface area contributed by atoms with E-state index in [1.54, 1.807) is 6.07 Å². The fourth-order valence-corrected chi connectivity index (χ4v) is 3.18. The molecule has 0 unspecified atom stereocenters. The Morgan fingerprint density at radius 1 is 1.14 bits per heavy atom. The maximum absolute atomic E-state index is 11.1. The van der Waals surface area contributed by atoms with E-state index >= 15 is 0 Å². The van der Waals surface area contributed by atoms with Gasteiger partial charge < -0.3 is 20.3 Å². The summed E-state index contributed by atoms with van der Waals surface area (Å²) in [5, 5.41) is 23.0. The number of morpholine rings is 1. The monoisotopic (exact) mass is 380 g/mol. The lowest BCUT2D eigenvalue weighted by Gasteiger charge is -2.26. The second-order valence-electron chi connectivity index (χ2n) is 6.56. The number of carbonyl (C=O) groups is 1. The molecule has 8 heteroatoms. The molecule has 4 rings (SSSR count). The molecule has 8 nitrogen and oxygen atoms in total. The molecule has 0 saturated carbocycles. The van der Waals surface area contributed by atoms with Crippen molar-refractivity contribution in [2.75, 3.05) is 31.6 Å². The molecule has 0 radical (unpaired) electrons. The summed E-state index contributed by atoms with van der Waals surface area (Å²) in [6.07, 6.45) is 0. The van der Waals surface area contributed by atoms with Gasteiger partial charge in [0.1, 0.15) is 23.0 Å². The molecule has 144 valence electrons. The number of hydrogen-bond acceptors (Lipinski definition) is 7. The van der Waals surface area contributed by atoms with Crippen molar-refractivity contribution in [1.29, 1.82) is 0 Å². The summed E-state index contributed by atoms with van der Waals surface area (Å²) in [5.74, 6) is -0.181. The minimum Gasteiger partial charge on any atom is -0.507 e. The Bertz CT molecular complexity index is 1020. The second kappa shape index (κ2) is 7.79. The van der Waals surface area contributed by atoms with Crippen molar-refractivity contribution in [3.63, 3.8) is 0 Å². The lowest BCUT2D eigenvalue weighted by molar-refractivity contribution is 0.0331. The lowest BCUT2D eigenvalue weighted by Crippen LogP contribution is -2.36. The predicted octanol–water partition coefficient (Wildman–Crippen LogP) is 2.61. The van der Waals surface area contributed by atoms with Crippen molar-refractivity contribution in [2.45, 2.75) is 6.54 Å². The van der Waals surface area contributed by atoms with Gasteiger partial charge in [-0.1, -0.05) is 12.1 Å². The Morgan fingerprint density at radius 3 is 2.68 bits per heavy atom. The molecule has 2 heterocycles. The third-order valence-electron chi connectivity index (χ3n) is 4.61. The van der Waals surface area contributed by atoms with Gasteiger partial charge in [0.05, 0.1) is 25.3 Å². The molecular formula is C20H20N4O4. The fraction of sp³-hybridized carbons (Fsp3) is 0.250. The number of carboxylic acid groups (broad SMARTS) is 1. The number of hydrogen-bond donors (Lipinski definition) is 3. The average molecular weight is 380 g/mol. The molecule has 0 amide bonds. The Kier molecular flexibility index (Phi) is 5.05. The largest absolute Gasteiger partial charge is 0.507 e. The molecule has 2 aromatic carbocycles. The van der Waals surface area contributed by atoms with Crippen LogP contribution in [0.15, 0.2) is 42.5 Å². The van der Waals surface area contributed by atoms with Crippen LogP contribution in [0.4, 0.5) is 11.5 Å². The first-order chi connectivity index (χ1) is 13.6. The second-order valence-corrected chi connectivity index (χ2v) is 6.56. The zero-order chi connectivity index (χ0) is 19.5. The molecule has 0 atom stereocenters. The van der Waals surface area contributed by atoms with Gasteiger partial charge in [-0.05, 0) is 24.3 Å². The third-order valence-corrected chi connectivity index (χ3v) is 4.61. The Morgan fingerprint density at radius 2 is 1.93 bits per heavy atom. The maximum atomic E-state index is 11.1.